The molecule has 1 amide bonds. The molecule has 0 aliphatic rings. The average Bonchev–Trinajstić information content (AvgIpc) is 3.47. The lowest BCUT2D eigenvalue weighted by Gasteiger charge is -2.17. The normalized spacial score (nSPS) is 11.9. The maximum atomic E-state index is 13.4. The van der Waals surface area contributed by atoms with Crippen LogP contribution in [-0.4, -0.2) is 32.2 Å². The molecule has 1 unspecified atom stereocenters. The first kappa shape index (κ1) is 20.7. The molecular formula is C23H21FN2O4S. The van der Waals surface area contributed by atoms with Crippen molar-refractivity contribution in [2.24, 2.45) is 0 Å². The smallest absolute Gasteiger partial charge is 0.268 e. The van der Waals surface area contributed by atoms with Crippen molar-refractivity contribution in [3.05, 3.63) is 75.9 Å². The molecule has 0 aliphatic heterocycles. The first-order valence-electron chi connectivity index (χ1n) is 9.47. The van der Waals surface area contributed by atoms with E-state index in [1.807, 2.05) is 17.5 Å². The van der Waals surface area contributed by atoms with E-state index in [2.05, 4.69) is 10.3 Å². The number of ether oxygens (including phenoxy) is 3. The van der Waals surface area contributed by atoms with E-state index in [1.165, 1.54) is 37.7 Å². The molecule has 4 aromatic rings. The largest absolute Gasteiger partial charge is 0.496 e. The third kappa shape index (κ3) is 3.94. The zero-order chi connectivity index (χ0) is 22.0. The minimum absolute atomic E-state index is 0.318. The molecule has 31 heavy (non-hydrogen) atoms. The Morgan fingerprint density at radius 1 is 1.03 bits per heavy atom. The molecule has 0 radical (unpaired) electrons. The van der Waals surface area contributed by atoms with Gasteiger partial charge in [0.1, 0.15) is 17.3 Å². The van der Waals surface area contributed by atoms with Gasteiger partial charge in [-0.25, -0.2) is 4.39 Å². The highest BCUT2D eigenvalue weighted by Gasteiger charge is 2.23. The molecule has 0 saturated heterocycles. The van der Waals surface area contributed by atoms with Crippen molar-refractivity contribution in [1.82, 2.24) is 10.3 Å². The molecule has 160 valence electrons. The van der Waals surface area contributed by atoms with Crippen LogP contribution in [0.15, 0.2) is 53.9 Å². The molecule has 1 atom stereocenters. The van der Waals surface area contributed by atoms with Crippen LogP contribution in [0.25, 0.3) is 10.9 Å². The Bertz CT molecular complexity index is 1200. The Morgan fingerprint density at radius 2 is 1.77 bits per heavy atom. The van der Waals surface area contributed by atoms with E-state index in [9.17, 15) is 9.18 Å². The highest BCUT2D eigenvalue weighted by atomic mass is 32.1. The van der Waals surface area contributed by atoms with Gasteiger partial charge >= 0.3 is 0 Å². The molecule has 8 heteroatoms. The number of hydrogen-bond donors (Lipinski definition) is 2. The van der Waals surface area contributed by atoms with E-state index in [0.29, 0.717) is 33.8 Å². The second-order valence-electron chi connectivity index (χ2n) is 6.76. The number of rotatable bonds is 7. The zero-order valence-electron chi connectivity index (χ0n) is 17.2. The van der Waals surface area contributed by atoms with Gasteiger partial charge in [0.05, 0.1) is 32.9 Å². The van der Waals surface area contributed by atoms with E-state index in [-0.39, 0.29) is 11.7 Å². The van der Waals surface area contributed by atoms with Gasteiger partial charge in [0.2, 0.25) is 0 Å². The van der Waals surface area contributed by atoms with Crippen molar-refractivity contribution in [2.75, 3.05) is 21.3 Å². The van der Waals surface area contributed by atoms with Gasteiger partial charge in [-0.05, 0) is 35.2 Å². The maximum Gasteiger partial charge on any atom is 0.268 e. The van der Waals surface area contributed by atoms with Gasteiger partial charge in [-0.3, -0.25) is 4.79 Å². The van der Waals surface area contributed by atoms with Gasteiger partial charge in [-0.15, -0.1) is 11.3 Å². The number of benzene rings is 2. The van der Waals surface area contributed by atoms with Crippen LogP contribution in [0.5, 0.6) is 17.2 Å². The number of amides is 1. The lowest BCUT2D eigenvalue weighted by molar-refractivity contribution is 0.0939. The summed E-state index contributed by atoms with van der Waals surface area (Å²) in [5, 5.41) is 5.67. The third-order valence-electron chi connectivity index (χ3n) is 4.99. The first-order chi connectivity index (χ1) is 15.0. The van der Waals surface area contributed by atoms with Crippen LogP contribution < -0.4 is 19.5 Å². The molecule has 6 nitrogen and oxygen atoms in total. The van der Waals surface area contributed by atoms with Crippen LogP contribution in [0.1, 0.15) is 27.0 Å². The first-order valence-corrected chi connectivity index (χ1v) is 10.3. The molecule has 2 aromatic carbocycles. The number of hydrogen-bond acceptors (Lipinski definition) is 5. The maximum absolute atomic E-state index is 13.4. The lowest BCUT2D eigenvalue weighted by atomic mass is 10.0. The molecule has 4 rings (SSSR count). The lowest BCUT2D eigenvalue weighted by Crippen LogP contribution is -2.29. The van der Waals surface area contributed by atoms with Crippen LogP contribution in [0.4, 0.5) is 4.39 Å². The number of aromatic nitrogens is 1. The Morgan fingerprint density at radius 3 is 2.39 bits per heavy atom. The summed E-state index contributed by atoms with van der Waals surface area (Å²) >= 11 is 1.51. The fourth-order valence-electron chi connectivity index (χ4n) is 3.50. The van der Waals surface area contributed by atoms with Gasteiger partial charge in [0, 0.05) is 16.3 Å². The Labute approximate surface area is 182 Å². The summed E-state index contributed by atoms with van der Waals surface area (Å²) in [6, 6.07) is 12.9. The fourth-order valence-corrected chi connectivity index (χ4v) is 4.30. The number of aromatic amines is 1. The molecule has 0 spiro atoms. The molecule has 0 saturated carbocycles. The summed E-state index contributed by atoms with van der Waals surface area (Å²) in [4.78, 5) is 17.2. The number of thiophene rings is 1. The molecule has 0 fully saturated rings. The van der Waals surface area contributed by atoms with Crippen molar-refractivity contribution in [3.8, 4) is 17.2 Å². The number of carbonyl (C=O) groups excluding carboxylic acids is 1. The van der Waals surface area contributed by atoms with E-state index in [4.69, 9.17) is 14.2 Å². The van der Waals surface area contributed by atoms with Crippen LogP contribution in [0.3, 0.4) is 0 Å². The second kappa shape index (κ2) is 8.69. The van der Waals surface area contributed by atoms with Gasteiger partial charge in [0.15, 0.2) is 11.5 Å². The summed E-state index contributed by atoms with van der Waals surface area (Å²) in [7, 11) is 4.62. The quantitative estimate of drug-likeness (QED) is 0.428. The number of methoxy groups -OCH3 is 3. The highest BCUT2D eigenvalue weighted by molar-refractivity contribution is 7.10. The van der Waals surface area contributed by atoms with Crippen LogP contribution in [0.2, 0.25) is 0 Å². The number of halogens is 1. The summed E-state index contributed by atoms with van der Waals surface area (Å²) in [6.45, 7) is 0. The molecule has 2 N–H and O–H groups in total. The summed E-state index contributed by atoms with van der Waals surface area (Å²) in [5.41, 5.74) is 1.71. The van der Waals surface area contributed by atoms with Crippen molar-refractivity contribution < 1.29 is 23.4 Å². The van der Waals surface area contributed by atoms with E-state index in [0.717, 1.165) is 10.4 Å². The summed E-state index contributed by atoms with van der Waals surface area (Å²) in [6.07, 6.45) is 0. The van der Waals surface area contributed by atoms with Crippen LogP contribution in [0, 0.1) is 5.82 Å². The summed E-state index contributed by atoms with van der Waals surface area (Å²) in [5.74, 6) is 0.871. The molecule has 2 aromatic heterocycles. The monoisotopic (exact) mass is 440 g/mol. The molecule has 0 aliphatic carbocycles. The van der Waals surface area contributed by atoms with Gasteiger partial charge in [0.25, 0.3) is 5.91 Å². The number of carbonyl (C=O) groups is 1. The van der Waals surface area contributed by atoms with Gasteiger partial charge < -0.3 is 24.5 Å². The van der Waals surface area contributed by atoms with E-state index >= 15 is 0 Å². The van der Waals surface area contributed by atoms with E-state index < -0.39 is 6.04 Å². The van der Waals surface area contributed by atoms with Gasteiger partial charge in [-0.1, -0.05) is 18.2 Å². The van der Waals surface area contributed by atoms with Crippen molar-refractivity contribution >= 4 is 28.1 Å². The predicted octanol–water partition coefficient (Wildman–Crippen LogP) is 4.91. The SMILES string of the molecule is COc1cc(OC)c2cc(C(=O)NC(c3ccc(F)cc3)c3cccs3)[nH]c2c1OC. The fraction of sp³-hybridized carbons (Fsp3) is 0.174. The Hall–Kier alpha value is -3.52. The van der Waals surface area contributed by atoms with Crippen molar-refractivity contribution in [3.63, 3.8) is 0 Å². The van der Waals surface area contributed by atoms with Crippen molar-refractivity contribution in [2.45, 2.75) is 6.04 Å². The molecular weight excluding hydrogens is 419 g/mol. The predicted molar refractivity (Wildman–Crippen MR) is 118 cm³/mol. The average molecular weight is 440 g/mol. The molecule has 0 bridgehead atoms. The Balaban J connectivity index is 1.73. The van der Waals surface area contributed by atoms with Crippen LogP contribution >= 0.6 is 11.3 Å². The minimum Gasteiger partial charge on any atom is -0.496 e. The number of nitrogens with one attached hydrogen (secondary N) is 2. The van der Waals surface area contributed by atoms with Crippen molar-refractivity contribution in [1.29, 1.82) is 0 Å². The third-order valence-corrected chi connectivity index (χ3v) is 5.93. The minimum atomic E-state index is -0.419. The zero-order valence-corrected chi connectivity index (χ0v) is 18.0. The van der Waals surface area contributed by atoms with Gasteiger partial charge in [-0.2, -0.15) is 0 Å². The summed E-state index contributed by atoms with van der Waals surface area (Å²) < 4.78 is 29.7. The highest BCUT2D eigenvalue weighted by Crippen LogP contribution is 2.41. The second-order valence-corrected chi connectivity index (χ2v) is 7.74. The topological polar surface area (TPSA) is 72.6 Å². The number of H-pyrrole nitrogens is 1. The van der Waals surface area contributed by atoms with Crippen LogP contribution in [-0.2, 0) is 0 Å². The Kier molecular flexibility index (Phi) is 5.81. The van der Waals surface area contributed by atoms with E-state index in [1.54, 1.807) is 31.4 Å². The standard InChI is InChI=1S/C23H21FN2O4S/c1-28-17-12-18(29-2)22(30-3)21-15(17)11-16(25-21)23(27)26-20(19-5-4-10-31-19)13-6-8-14(24)9-7-13/h4-12,20,25H,1-3H3,(H,26,27). The molecule has 2 heterocycles. The number of fused-ring (bicyclic) bond motifs is 1.